The maximum absolute atomic E-state index is 12.2. The maximum Gasteiger partial charge on any atom is 0.261 e. The van der Waals surface area contributed by atoms with Crippen molar-refractivity contribution in [2.75, 3.05) is 5.32 Å². The summed E-state index contributed by atoms with van der Waals surface area (Å²) in [7, 11) is 0. The van der Waals surface area contributed by atoms with Crippen LogP contribution in [-0.2, 0) is 0 Å². The zero-order valence-corrected chi connectivity index (χ0v) is 12.7. The van der Waals surface area contributed by atoms with Crippen LogP contribution >= 0.6 is 0 Å². The third kappa shape index (κ3) is 3.21. The smallest absolute Gasteiger partial charge is 0.261 e. The molecular formula is C17H15N3O3. The number of aryl methyl sites for hydroxylation is 2. The number of amides is 1. The summed E-state index contributed by atoms with van der Waals surface area (Å²) in [6.07, 6.45) is 4.13. The van der Waals surface area contributed by atoms with Crippen molar-refractivity contribution in [2.24, 2.45) is 0 Å². The number of rotatable bonds is 3. The number of carbonyl (C=O) groups excluding carboxylic acids is 1. The predicted molar refractivity (Wildman–Crippen MR) is 84.8 cm³/mol. The van der Waals surface area contributed by atoms with Crippen LogP contribution in [-0.4, -0.2) is 10.9 Å². The number of aromatic nitrogens is 2. The summed E-state index contributed by atoms with van der Waals surface area (Å²) < 4.78 is 6.01. The molecule has 2 heterocycles. The molecular weight excluding hydrogens is 294 g/mol. The van der Waals surface area contributed by atoms with E-state index in [9.17, 15) is 10.0 Å². The minimum absolute atomic E-state index is 0.289. The summed E-state index contributed by atoms with van der Waals surface area (Å²) in [6.45, 7) is 3.79. The van der Waals surface area contributed by atoms with Crippen LogP contribution in [0.25, 0.3) is 11.5 Å². The lowest BCUT2D eigenvalue weighted by molar-refractivity contribution is -0.605. The normalized spacial score (nSPS) is 10.5. The molecule has 2 aromatic heterocycles. The molecule has 0 saturated carbocycles. The van der Waals surface area contributed by atoms with E-state index in [1.54, 1.807) is 24.5 Å². The lowest BCUT2D eigenvalue weighted by Crippen LogP contribution is -2.27. The number of hydrogen-bond donors (Lipinski definition) is 1. The molecule has 0 aliphatic rings. The van der Waals surface area contributed by atoms with E-state index in [-0.39, 0.29) is 11.5 Å². The van der Waals surface area contributed by atoms with Gasteiger partial charge in [-0.25, -0.2) is 4.98 Å². The van der Waals surface area contributed by atoms with Crippen LogP contribution in [0.2, 0.25) is 0 Å². The second kappa shape index (κ2) is 5.92. The summed E-state index contributed by atoms with van der Waals surface area (Å²) in [5.41, 5.74) is 3.48. The number of oxazole rings is 1. The first-order valence-corrected chi connectivity index (χ1v) is 7.06. The van der Waals surface area contributed by atoms with Gasteiger partial charge in [-0.15, -0.1) is 0 Å². The van der Waals surface area contributed by atoms with Crippen molar-refractivity contribution in [1.82, 2.24) is 4.98 Å². The van der Waals surface area contributed by atoms with Gasteiger partial charge in [0.15, 0.2) is 12.4 Å². The van der Waals surface area contributed by atoms with E-state index in [1.165, 1.54) is 18.5 Å². The summed E-state index contributed by atoms with van der Waals surface area (Å²) in [4.78, 5) is 16.5. The van der Waals surface area contributed by atoms with Crippen molar-refractivity contribution in [1.29, 1.82) is 0 Å². The molecule has 0 aliphatic heterocycles. The molecule has 0 unspecified atom stereocenters. The molecule has 0 fully saturated rings. The zero-order chi connectivity index (χ0) is 16.4. The third-order valence-electron chi connectivity index (χ3n) is 3.38. The molecule has 6 nitrogen and oxygen atoms in total. The Labute approximate surface area is 133 Å². The highest BCUT2D eigenvalue weighted by molar-refractivity contribution is 6.04. The zero-order valence-electron chi connectivity index (χ0n) is 12.7. The lowest BCUT2D eigenvalue weighted by Gasteiger charge is -2.08. The van der Waals surface area contributed by atoms with E-state index in [4.69, 9.17) is 4.42 Å². The van der Waals surface area contributed by atoms with Gasteiger partial charge in [-0.05, 0) is 37.6 Å². The molecule has 1 aromatic carbocycles. The third-order valence-corrected chi connectivity index (χ3v) is 3.38. The molecule has 1 amide bonds. The first-order chi connectivity index (χ1) is 11.0. The van der Waals surface area contributed by atoms with Gasteiger partial charge in [0.1, 0.15) is 11.8 Å². The van der Waals surface area contributed by atoms with Crippen molar-refractivity contribution in [3.8, 4) is 11.5 Å². The molecule has 0 atom stereocenters. The Morgan fingerprint density at radius 3 is 2.83 bits per heavy atom. The van der Waals surface area contributed by atoms with Crippen LogP contribution in [0.5, 0.6) is 0 Å². The SMILES string of the molecule is Cc1coc(-c2cc(NC(=O)c3ccc[n+]([O-])c3)ccc2C)n1. The van der Waals surface area contributed by atoms with E-state index < -0.39 is 0 Å². The Hall–Kier alpha value is -3.15. The van der Waals surface area contributed by atoms with E-state index >= 15 is 0 Å². The Morgan fingerprint density at radius 2 is 2.13 bits per heavy atom. The quantitative estimate of drug-likeness (QED) is 0.596. The van der Waals surface area contributed by atoms with Crippen LogP contribution in [0.15, 0.2) is 53.4 Å². The first kappa shape index (κ1) is 14.8. The lowest BCUT2D eigenvalue weighted by atomic mass is 10.1. The van der Waals surface area contributed by atoms with Crippen molar-refractivity contribution < 1.29 is 13.9 Å². The van der Waals surface area contributed by atoms with Crippen LogP contribution in [0, 0.1) is 19.1 Å². The van der Waals surface area contributed by atoms with Crippen LogP contribution < -0.4 is 10.0 Å². The van der Waals surface area contributed by atoms with E-state index in [0.29, 0.717) is 16.3 Å². The number of nitrogens with zero attached hydrogens (tertiary/aromatic N) is 2. The number of anilines is 1. The number of nitrogens with one attached hydrogen (secondary N) is 1. The Morgan fingerprint density at radius 1 is 1.30 bits per heavy atom. The molecule has 1 N–H and O–H groups in total. The van der Waals surface area contributed by atoms with Crippen LogP contribution in [0.4, 0.5) is 5.69 Å². The van der Waals surface area contributed by atoms with E-state index in [0.717, 1.165) is 16.8 Å². The van der Waals surface area contributed by atoms with E-state index in [2.05, 4.69) is 10.3 Å². The fraction of sp³-hybridized carbons (Fsp3) is 0.118. The standard InChI is InChI=1S/C17H15N3O3/c1-11-5-6-14(8-15(11)17-18-12(2)10-23-17)19-16(21)13-4-3-7-20(22)9-13/h3-10H,1-2H3,(H,19,21). The summed E-state index contributed by atoms with van der Waals surface area (Å²) >= 11 is 0. The largest absolute Gasteiger partial charge is 0.619 e. The average molecular weight is 309 g/mol. The molecule has 116 valence electrons. The Bertz CT molecular complexity index is 871. The molecule has 0 saturated heterocycles. The second-order valence-corrected chi connectivity index (χ2v) is 5.23. The van der Waals surface area contributed by atoms with Gasteiger partial charge in [-0.1, -0.05) is 6.07 Å². The summed E-state index contributed by atoms with van der Waals surface area (Å²) in [5.74, 6) is 0.154. The minimum Gasteiger partial charge on any atom is -0.619 e. The van der Waals surface area contributed by atoms with Crippen molar-refractivity contribution in [3.63, 3.8) is 0 Å². The monoisotopic (exact) mass is 309 g/mol. The molecule has 0 radical (unpaired) electrons. The van der Waals surface area contributed by atoms with Gasteiger partial charge in [0.05, 0.1) is 5.69 Å². The maximum atomic E-state index is 12.2. The number of benzene rings is 1. The topological polar surface area (TPSA) is 82.1 Å². The molecule has 3 rings (SSSR count). The highest BCUT2D eigenvalue weighted by Crippen LogP contribution is 2.26. The van der Waals surface area contributed by atoms with Crippen molar-refractivity contribution >= 4 is 11.6 Å². The second-order valence-electron chi connectivity index (χ2n) is 5.23. The highest BCUT2D eigenvalue weighted by atomic mass is 16.5. The molecule has 6 heteroatoms. The van der Waals surface area contributed by atoms with Crippen molar-refractivity contribution in [3.05, 3.63) is 71.0 Å². The highest BCUT2D eigenvalue weighted by Gasteiger charge is 2.12. The first-order valence-electron chi connectivity index (χ1n) is 7.06. The van der Waals surface area contributed by atoms with Gasteiger partial charge in [0, 0.05) is 17.3 Å². The van der Waals surface area contributed by atoms with Gasteiger partial charge in [0.25, 0.3) is 5.91 Å². The summed E-state index contributed by atoms with van der Waals surface area (Å²) in [6, 6.07) is 8.57. The number of carbonyl (C=O) groups is 1. The molecule has 3 aromatic rings. The molecule has 0 spiro atoms. The van der Waals surface area contributed by atoms with Crippen LogP contribution in [0.1, 0.15) is 21.6 Å². The number of pyridine rings is 1. The van der Waals surface area contributed by atoms with Gasteiger partial charge in [0.2, 0.25) is 5.89 Å². The van der Waals surface area contributed by atoms with Crippen molar-refractivity contribution in [2.45, 2.75) is 13.8 Å². The molecule has 23 heavy (non-hydrogen) atoms. The Kier molecular flexibility index (Phi) is 3.80. The van der Waals surface area contributed by atoms with Crippen LogP contribution in [0.3, 0.4) is 0 Å². The van der Waals surface area contributed by atoms with E-state index in [1.807, 2.05) is 19.9 Å². The predicted octanol–water partition coefficient (Wildman–Crippen LogP) is 2.84. The van der Waals surface area contributed by atoms with Gasteiger partial charge in [-0.3, -0.25) is 4.79 Å². The molecule has 0 aliphatic carbocycles. The fourth-order valence-corrected chi connectivity index (χ4v) is 2.20. The number of hydrogen-bond acceptors (Lipinski definition) is 4. The van der Waals surface area contributed by atoms with Gasteiger partial charge >= 0.3 is 0 Å². The fourth-order valence-electron chi connectivity index (χ4n) is 2.20. The van der Waals surface area contributed by atoms with Gasteiger partial charge in [-0.2, -0.15) is 4.73 Å². The average Bonchev–Trinajstić information content (AvgIpc) is 2.95. The minimum atomic E-state index is -0.353. The summed E-state index contributed by atoms with van der Waals surface area (Å²) in [5, 5.41) is 14.0. The Balaban J connectivity index is 1.88. The molecule has 0 bridgehead atoms. The van der Waals surface area contributed by atoms with Gasteiger partial charge < -0.3 is 14.9 Å².